The van der Waals surface area contributed by atoms with E-state index in [9.17, 15) is 24.6 Å². The minimum Gasteiger partial charge on any atom is -0.494 e. The van der Waals surface area contributed by atoms with Gasteiger partial charge in [-0.1, -0.05) is 162 Å². The van der Waals surface area contributed by atoms with Crippen molar-refractivity contribution in [1.82, 2.24) is 15.2 Å². The molecule has 0 saturated carbocycles. The number of nitrogens with zero attached hydrogens (tertiary/aromatic N) is 1. The van der Waals surface area contributed by atoms with Crippen LogP contribution in [0, 0.1) is 0 Å². The van der Waals surface area contributed by atoms with E-state index in [0.717, 1.165) is 116 Å². The molecule has 1 atom stereocenters. The molecule has 0 aliphatic rings. The minimum atomic E-state index is -0.456. The van der Waals surface area contributed by atoms with Crippen molar-refractivity contribution in [3.63, 3.8) is 0 Å². The summed E-state index contributed by atoms with van der Waals surface area (Å²) in [6.07, 6.45) is 40.5. The van der Waals surface area contributed by atoms with Crippen LogP contribution in [0.3, 0.4) is 0 Å². The molecule has 0 fully saturated rings. The first kappa shape index (κ1) is 58.4. The molecular formula is C53H99N3O7. The van der Waals surface area contributed by atoms with E-state index in [1.54, 1.807) is 6.07 Å². The van der Waals surface area contributed by atoms with E-state index in [-0.39, 0.29) is 35.4 Å². The summed E-state index contributed by atoms with van der Waals surface area (Å²) >= 11 is 0. The topological polar surface area (TPSA) is 141 Å². The van der Waals surface area contributed by atoms with Crippen LogP contribution in [0.2, 0.25) is 0 Å². The molecule has 10 heteroatoms. The van der Waals surface area contributed by atoms with Gasteiger partial charge in [-0.05, 0) is 96.2 Å². The van der Waals surface area contributed by atoms with Crippen molar-refractivity contribution in [1.29, 1.82) is 0 Å². The van der Waals surface area contributed by atoms with Gasteiger partial charge < -0.3 is 34.9 Å². The molecule has 0 saturated heterocycles. The highest BCUT2D eigenvalue weighted by Gasteiger charge is 2.16. The summed E-state index contributed by atoms with van der Waals surface area (Å²) in [5, 5.41) is 23.6. The Morgan fingerprint density at radius 2 is 1.05 bits per heavy atom. The molecule has 0 aliphatic carbocycles. The monoisotopic (exact) mass is 890 g/mol. The molecule has 1 heterocycles. The number of aromatic nitrogens is 1. The number of esters is 2. The van der Waals surface area contributed by atoms with Gasteiger partial charge in [-0.25, -0.2) is 0 Å². The second kappa shape index (κ2) is 43.3. The summed E-state index contributed by atoms with van der Waals surface area (Å²) in [5.74, 6) is -0.545. The number of H-pyrrole nitrogens is 1. The normalized spacial score (nSPS) is 12.0. The van der Waals surface area contributed by atoms with Gasteiger partial charge in [-0.15, -0.1) is 0 Å². The van der Waals surface area contributed by atoms with Crippen molar-refractivity contribution in [2.24, 2.45) is 0 Å². The lowest BCUT2D eigenvalue weighted by Crippen LogP contribution is -2.34. The molecule has 0 radical (unpaired) electrons. The standard InChI is InChI=1S/C53H99N3O7/c1-4-7-10-13-16-17-18-24-34-45-62-50(58)38-29-25-33-44-56(46-47(57)35-30-31-41-54-52(60)49-40-42-55-53(49)61)43-32-23-19-22-28-39-51(59)63-48(36-26-20-14-11-8-5-2)37-27-21-15-12-9-6-3/h40,42,47-48,55,57,61H,4-39,41,43-46H2,1-3H3,(H,54,60). The third-order valence-corrected chi connectivity index (χ3v) is 12.5. The van der Waals surface area contributed by atoms with Gasteiger partial charge in [0.05, 0.1) is 12.7 Å². The van der Waals surface area contributed by atoms with Crippen LogP contribution in [0.25, 0.3) is 0 Å². The maximum absolute atomic E-state index is 12.9. The van der Waals surface area contributed by atoms with Crippen molar-refractivity contribution in [3.8, 4) is 5.88 Å². The largest absolute Gasteiger partial charge is 0.494 e. The number of carbonyl (C=O) groups excluding carboxylic acids is 3. The highest BCUT2D eigenvalue weighted by Crippen LogP contribution is 2.19. The first-order valence-electron chi connectivity index (χ1n) is 26.7. The average Bonchev–Trinajstić information content (AvgIpc) is 3.71. The maximum Gasteiger partial charge on any atom is 0.306 e. The number of amides is 1. The Morgan fingerprint density at radius 1 is 0.587 bits per heavy atom. The number of hydrogen-bond donors (Lipinski definition) is 4. The Kier molecular flexibility index (Phi) is 40.2. The number of hydrogen-bond acceptors (Lipinski definition) is 8. The molecule has 4 N–H and O–H groups in total. The van der Waals surface area contributed by atoms with Crippen LogP contribution in [-0.4, -0.2) is 82.9 Å². The zero-order chi connectivity index (χ0) is 45.9. The van der Waals surface area contributed by atoms with Gasteiger partial charge in [-0.2, -0.15) is 0 Å². The Labute approximate surface area is 386 Å². The Morgan fingerprint density at radius 3 is 1.59 bits per heavy atom. The van der Waals surface area contributed by atoms with Gasteiger partial charge in [-0.3, -0.25) is 14.4 Å². The molecule has 1 amide bonds. The number of aromatic hydroxyl groups is 1. The molecule has 0 aliphatic heterocycles. The Balaban J connectivity index is 2.42. The molecule has 63 heavy (non-hydrogen) atoms. The van der Waals surface area contributed by atoms with Gasteiger partial charge in [0.15, 0.2) is 0 Å². The highest BCUT2D eigenvalue weighted by molar-refractivity contribution is 5.96. The van der Waals surface area contributed by atoms with Crippen molar-refractivity contribution in [2.45, 2.75) is 264 Å². The van der Waals surface area contributed by atoms with E-state index in [1.807, 2.05) is 0 Å². The van der Waals surface area contributed by atoms with Crippen LogP contribution in [-0.2, 0) is 19.1 Å². The van der Waals surface area contributed by atoms with E-state index in [4.69, 9.17) is 9.47 Å². The van der Waals surface area contributed by atoms with Crippen molar-refractivity contribution >= 4 is 17.8 Å². The average molecular weight is 890 g/mol. The second-order valence-corrected chi connectivity index (χ2v) is 18.5. The number of rotatable bonds is 47. The molecule has 1 rings (SSSR count). The molecule has 1 unspecified atom stereocenters. The fraction of sp³-hybridized carbons (Fsp3) is 0.868. The van der Waals surface area contributed by atoms with Crippen molar-refractivity contribution in [3.05, 3.63) is 17.8 Å². The molecule has 10 nitrogen and oxygen atoms in total. The number of nitrogens with one attached hydrogen (secondary N) is 2. The maximum atomic E-state index is 12.9. The van der Waals surface area contributed by atoms with Crippen LogP contribution in [0.15, 0.2) is 12.3 Å². The fourth-order valence-corrected chi connectivity index (χ4v) is 8.43. The van der Waals surface area contributed by atoms with E-state index >= 15 is 0 Å². The molecular weight excluding hydrogens is 791 g/mol. The summed E-state index contributed by atoms with van der Waals surface area (Å²) in [4.78, 5) is 42.5. The Hall–Kier alpha value is -2.59. The molecule has 0 aromatic carbocycles. The summed E-state index contributed by atoms with van der Waals surface area (Å²) in [6.45, 7) is 10.2. The van der Waals surface area contributed by atoms with E-state index in [1.165, 1.54) is 115 Å². The SMILES string of the molecule is CCCCCCCCCCCOC(=O)CCCCCN(CCCCCCCC(=O)OC(CCCCCCCC)CCCCCCCC)CC(O)CCCCNC(=O)c1cc[nH]c1O. The van der Waals surface area contributed by atoms with Crippen LogP contribution < -0.4 is 5.32 Å². The third kappa shape index (κ3) is 36.3. The van der Waals surface area contributed by atoms with Crippen molar-refractivity contribution < 1.29 is 34.1 Å². The van der Waals surface area contributed by atoms with Crippen LogP contribution in [0.5, 0.6) is 5.88 Å². The fourth-order valence-electron chi connectivity index (χ4n) is 8.43. The third-order valence-electron chi connectivity index (χ3n) is 12.5. The zero-order valence-corrected chi connectivity index (χ0v) is 41.2. The smallest absolute Gasteiger partial charge is 0.306 e. The number of ether oxygens (including phenoxy) is 2. The lowest BCUT2D eigenvalue weighted by atomic mass is 10.0. The summed E-state index contributed by atoms with van der Waals surface area (Å²) in [7, 11) is 0. The summed E-state index contributed by atoms with van der Waals surface area (Å²) in [6, 6.07) is 1.55. The first-order chi connectivity index (χ1) is 30.8. The van der Waals surface area contributed by atoms with E-state index in [2.05, 4.69) is 36.0 Å². The number of carbonyl (C=O) groups is 3. The van der Waals surface area contributed by atoms with Crippen LogP contribution in [0.4, 0.5) is 0 Å². The first-order valence-corrected chi connectivity index (χ1v) is 26.7. The predicted molar refractivity (Wildman–Crippen MR) is 261 cm³/mol. The summed E-state index contributed by atoms with van der Waals surface area (Å²) in [5.41, 5.74) is 0.237. The summed E-state index contributed by atoms with van der Waals surface area (Å²) < 4.78 is 11.6. The van der Waals surface area contributed by atoms with E-state index in [0.29, 0.717) is 39.0 Å². The van der Waals surface area contributed by atoms with Crippen molar-refractivity contribution in [2.75, 3.05) is 32.8 Å². The van der Waals surface area contributed by atoms with Gasteiger partial charge in [0.1, 0.15) is 11.7 Å². The number of unbranched alkanes of at least 4 members (excludes halogenated alkanes) is 25. The quantitative estimate of drug-likeness (QED) is 0.0374. The predicted octanol–water partition coefficient (Wildman–Crippen LogP) is 13.7. The zero-order valence-electron chi connectivity index (χ0n) is 41.2. The van der Waals surface area contributed by atoms with Crippen LogP contribution in [0.1, 0.15) is 262 Å². The lowest BCUT2D eigenvalue weighted by molar-refractivity contribution is -0.150. The Bertz CT molecular complexity index is 1180. The van der Waals surface area contributed by atoms with Gasteiger partial charge in [0, 0.05) is 32.1 Å². The molecule has 0 bridgehead atoms. The number of aliphatic hydroxyl groups is 1. The highest BCUT2D eigenvalue weighted by atomic mass is 16.5. The van der Waals surface area contributed by atoms with Gasteiger partial charge >= 0.3 is 11.9 Å². The number of aromatic amines is 1. The second-order valence-electron chi connectivity index (χ2n) is 18.5. The van der Waals surface area contributed by atoms with Crippen LogP contribution >= 0.6 is 0 Å². The molecule has 0 spiro atoms. The molecule has 368 valence electrons. The van der Waals surface area contributed by atoms with E-state index < -0.39 is 6.10 Å². The number of aliphatic hydroxyl groups excluding tert-OH is 1. The van der Waals surface area contributed by atoms with Gasteiger partial charge in [0.2, 0.25) is 5.88 Å². The molecule has 1 aromatic heterocycles. The minimum absolute atomic E-state index is 0.0217. The lowest BCUT2D eigenvalue weighted by Gasteiger charge is -2.25. The molecule has 1 aromatic rings. The van der Waals surface area contributed by atoms with Gasteiger partial charge in [0.25, 0.3) is 5.91 Å².